The van der Waals surface area contributed by atoms with Crippen LogP contribution in [0.25, 0.3) is 0 Å². The van der Waals surface area contributed by atoms with Gasteiger partial charge in [-0.3, -0.25) is 9.59 Å². The Morgan fingerprint density at radius 3 is 2.68 bits per heavy atom. The Balaban J connectivity index is 1.38. The summed E-state index contributed by atoms with van der Waals surface area (Å²) in [6.45, 7) is 1.90. The van der Waals surface area contributed by atoms with Gasteiger partial charge in [0.15, 0.2) is 0 Å². The van der Waals surface area contributed by atoms with Gasteiger partial charge in [-0.05, 0) is 55.3 Å². The highest BCUT2D eigenvalue weighted by Gasteiger charge is 2.59. The quantitative estimate of drug-likeness (QED) is 0.724. The summed E-state index contributed by atoms with van der Waals surface area (Å²) in [7, 11) is 0. The molecule has 0 saturated heterocycles. The molecule has 4 nitrogen and oxygen atoms in total. The van der Waals surface area contributed by atoms with Crippen LogP contribution in [0.5, 0.6) is 0 Å². The molecule has 2 aromatic rings. The van der Waals surface area contributed by atoms with Crippen LogP contribution in [0.4, 0.5) is 10.1 Å². The maximum absolute atomic E-state index is 13.0. The molecule has 144 valence electrons. The van der Waals surface area contributed by atoms with Crippen LogP contribution in [0, 0.1) is 17.2 Å². The molecule has 1 saturated carbocycles. The lowest BCUT2D eigenvalue weighted by molar-refractivity contribution is -0.121. The van der Waals surface area contributed by atoms with Crippen LogP contribution in [0.3, 0.4) is 0 Å². The number of rotatable bonds is 5. The summed E-state index contributed by atoms with van der Waals surface area (Å²) < 4.78 is 13.0. The van der Waals surface area contributed by atoms with Gasteiger partial charge in [0, 0.05) is 33.6 Å². The Morgan fingerprint density at radius 2 is 1.96 bits per heavy atom. The molecule has 0 bridgehead atoms. The Bertz CT molecular complexity index is 973. The van der Waals surface area contributed by atoms with Crippen molar-refractivity contribution in [3.63, 3.8) is 0 Å². The average molecular weight is 399 g/mol. The molecule has 2 N–H and O–H groups in total. The van der Waals surface area contributed by atoms with Gasteiger partial charge >= 0.3 is 0 Å². The first-order valence-electron chi connectivity index (χ1n) is 9.21. The number of carbonyl (C=O) groups excluding carboxylic acids is 2. The Morgan fingerprint density at radius 1 is 1.21 bits per heavy atom. The summed E-state index contributed by atoms with van der Waals surface area (Å²) in [5.74, 6) is -0.857. The van der Waals surface area contributed by atoms with Crippen LogP contribution in [0.15, 0.2) is 60.2 Å². The third-order valence-corrected chi connectivity index (χ3v) is 5.98. The molecule has 3 unspecified atom stereocenters. The van der Waals surface area contributed by atoms with Gasteiger partial charge in [0.2, 0.25) is 5.91 Å². The van der Waals surface area contributed by atoms with Crippen LogP contribution >= 0.6 is 11.6 Å². The smallest absolute Gasteiger partial charge is 0.251 e. The van der Waals surface area contributed by atoms with Gasteiger partial charge < -0.3 is 10.6 Å². The Hall–Kier alpha value is -2.66. The van der Waals surface area contributed by atoms with Gasteiger partial charge in [-0.1, -0.05) is 36.2 Å². The van der Waals surface area contributed by atoms with Gasteiger partial charge in [0.25, 0.3) is 5.91 Å². The normalized spacial score (nSPS) is 23.4. The van der Waals surface area contributed by atoms with Crippen molar-refractivity contribution in [3.8, 4) is 0 Å². The van der Waals surface area contributed by atoms with E-state index in [0.29, 0.717) is 22.7 Å². The first kappa shape index (κ1) is 18.7. The summed E-state index contributed by atoms with van der Waals surface area (Å²) in [5, 5.41) is 6.38. The van der Waals surface area contributed by atoms with Gasteiger partial charge in [0.05, 0.1) is 0 Å². The fourth-order valence-corrected chi connectivity index (χ4v) is 4.23. The van der Waals surface area contributed by atoms with Crippen LogP contribution in [-0.2, 0) is 4.79 Å². The summed E-state index contributed by atoms with van der Waals surface area (Å²) in [6, 6.07) is 12.4. The number of amides is 2. The second kappa shape index (κ2) is 7.06. The van der Waals surface area contributed by atoms with E-state index >= 15 is 0 Å². The van der Waals surface area contributed by atoms with Crippen molar-refractivity contribution in [1.29, 1.82) is 0 Å². The second-order valence-corrected chi connectivity index (χ2v) is 7.97. The fourth-order valence-electron chi connectivity index (χ4n) is 4.03. The molecular weight excluding hydrogens is 379 g/mol. The minimum absolute atomic E-state index is 0.100. The first-order valence-corrected chi connectivity index (χ1v) is 9.59. The largest absolute Gasteiger partial charge is 0.346 e. The van der Waals surface area contributed by atoms with Crippen molar-refractivity contribution in [2.45, 2.75) is 25.8 Å². The second-order valence-electron chi connectivity index (χ2n) is 7.54. The number of carbonyl (C=O) groups is 2. The van der Waals surface area contributed by atoms with E-state index in [-0.39, 0.29) is 35.0 Å². The number of hydrogen-bond acceptors (Lipinski definition) is 2. The predicted octanol–water partition coefficient (Wildman–Crippen LogP) is 4.57. The average Bonchev–Trinajstić information content (AvgIpc) is 3.24. The van der Waals surface area contributed by atoms with Crippen molar-refractivity contribution in [1.82, 2.24) is 5.32 Å². The molecular formula is C22H20ClFN2O2. The molecule has 0 aliphatic heterocycles. The minimum Gasteiger partial charge on any atom is -0.346 e. The molecule has 0 radical (unpaired) electrons. The number of halogens is 2. The van der Waals surface area contributed by atoms with E-state index in [1.54, 1.807) is 36.4 Å². The number of allylic oxidation sites excluding steroid dienone is 1. The summed E-state index contributed by atoms with van der Waals surface area (Å²) in [5.41, 5.74) is 2.11. The zero-order chi connectivity index (χ0) is 19.9. The summed E-state index contributed by atoms with van der Waals surface area (Å²) >= 11 is 5.95. The molecule has 2 aliphatic rings. The highest BCUT2D eigenvalue weighted by Crippen LogP contribution is 2.64. The molecule has 3 atom stereocenters. The zero-order valence-electron chi connectivity index (χ0n) is 15.3. The lowest BCUT2D eigenvalue weighted by Gasteiger charge is -2.23. The van der Waals surface area contributed by atoms with Gasteiger partial charge in [0.1, 0.15) is 5.82 Å². The lowest BCUT2D eigenvalue weighted by Crippen LogP contribution is -2.36. The maximum atomic E-state index is 13.0. The van der Waals surface area contributed by atoms with Crippen molar-refractivity contribution in [3.05, 3.63) is 76.6 Å². The van der Waals surface area contributed by atoms with Gasteiger partial charge in [-0.2, -0.15) is 0 Å². The van der Waals surface area contributed by atoms with Gasteiger partial charge in [-0.25, -0.2) is 4.39 Å². The van der Waals surface area contributed by atoms with Crippen molar-refractivity contribution < 1.29 is 14.0 Å². The van der Waals surface area contributed by atoms with E-state index in [2.05, 4.69) is 16.7 Å². The van der Waals surface area contributed by atoms with Crippen molar-refractivity contribution in [2.75, 3.05) is 5.32 Å². The van der Waals surface area contributed by atoms with Crippen LogP contribution in [0.1, 0.15) is 30.1 Å². The van der Waals surface area contributed by atoms with E-state index in [1.807, 2.05) is 6.92 Å². The lowest BCUT2D eigenvalue weighted by atomic mass is 9.86. The van der Waals surface area contributed by atoms with Crippen molar-refractivity contribution >= 4 is 29.1 Å². The summed E-state index contributed by atoms with van der Waals surface area (Å²) in [6.07, 6.45) is 3.63. The molecule has 6 heteroatoms. The summed E-state index contributed by atoms with van der Waals surface area (Å²) in [4.78, 5) is 25.1. The number of hydrogen-bond donors (Lipinski definition) is 2. The number of nitrogens with one attached hydrogen (secondary N) is 2. The minimum atomic E-state index is -0.342. The molecule has 0 spiro atoms. The number of anilines is 1. The third kappa shape index (κ3) is 3.54. The van der Waals surface area contributed by atoms with Crippen molar-refractivity contribution in [2.24, 2.45) is 11.3 Å². The SMILES string of the molecule is CC(C(=O)Nc1ccc(F)cc1)C12CC1=CC(NC(=O)c1cccc(Cl)c1)C2. The Labute approximate surface area is 167 Å². The van der Waals surface area contributed by atoms with E-state index in [1.165, 1.54) is 17.7 Å². The highest BCUT2D eigenvalue weighted by atomic mass is 35.5. The third-order valence-electron chi connectivity index (χ3n) is 5.74. The Kier molecular flexibility index (Phi) is 4.71. The molecule has 2 aromatic carbocycles. The van der Waals surface area contributed by atoms with E-state index in [9.17, 15) is 14.0 Å². The molecule has 1 fully saturated rings. The van der Waals surface area contributed by atoms with E-state index in [0.717, 1.165) is 6.42 Å². The number of benzene rings is 2. The molecule has 0 aromatic heterocycles. The first-order chi connectivity index (χ1) is 13.4. The molecule has 4 rings (SSSR count). The number of fused-ring (bicyclic) bond motifs is 1. The molecule has 2 amide bonds. The monoisotopic (exact) mass is 398 g/mol. The van der Waals surface area contributed by atoms with Crippen LogP contribution in [0.2, 0.25) is 5.02 Å². The molecule has 28 heavy (non-hydrogen) atoms. The fraction of sp³-hybridized carbons (Fsp3) is 0.273. The standard InChI is InChI=1S/C22H20ClFN2O2/c1-13(20(27)25-18-7-5-17(24)6-8-18)22-11-15(22)10-19(12-22)26-21(28)14-3-2-4-16(23)9-14/h2-10,13,19H,11-12H2,1H3,(H,25,27)(H,26,28). The van der Waals surface area contributed by atoms with Crippen LogP contribution < -0.4 is 10.6 Å². The topological polar surface area (TPSA) is 58.2 Å². The highest BCUT2D eigenvalue weighted by molar-refractivity contribution is 6.30. The predicted molar refractivity (Wildman–Crippen MR) is 107 cm³/mol. The molecule has 2 aliphatic carbocycles. The maximum Gasteiger partial charge on any atom is 0.251 e. The van der Waals surface area contributed by atoms with Crippen LogP contribution in [-0.4, -0.2) is 17.9 Å². The van der Waals surface area contributed by atoms with E-state index < -0.39 is 0 Å². The zero-order valence-corrected chi connectivity index (χ0v) is 16.1. The molecule has 0 heterocycles. The van der Waals surface area contributed by atoms with Gasteiger partial charge in [-0.15, -0.1) is 0 Å². The van der Waals surface area contributed by atoms with E-state index in [4.69, 9.17) is 11.6 Å².